The van der Waals surface area contributed by atoms with Crippen LogP contribution in [0.5, 0.6) is 0 Å². The molecular formula is C63H86N8O30P3S5+. The van der Waals surface area contributed by atoms with Crippen LogP contribution in [0.3, 0.4) is 0 Å². The molecule has 4 heterocycles. The van der Waals surface area contributed by atoms with Crippen molar-refractivity contribution in [1.29, 1.82) is 0 Å². The molecule has 46 heteroatoms. The molecule has 109 heavy (non-hydrogen) atoms. The first-order valence-corrected chi connectivity index (χ1v) is 45.5. The van der Waals surface area contributed by atoms with Gasteiger partial charge in [0.05, 0.1) is 40.3 Å². The summed E-state index contributed by atoms with van der Waals surface area (Å²) in [6.07, 6.45) is 8.84. The Bertz CT molecular complexity index is 5290. The lowest BCUT2D eigenvalue weighted by atomic mass is 9.79. The Morgan fingerprint density at radius 1 is 0.706 bits per heavy atom. The largest absolute Gasteiger partial charge is 0.490 e. The van der Waals surface area contributed by atoms with Crippen molar-refractivity contribution in [3.8, 4) is 0 Å². The number of fused-ring (bicyclic) bond motifs is 6. The maximum absolute atomic E-state index is 13.5. The van der Waals surface area contributed by atoms with E-state index in [0.717, 1.165) is 16.7 Å². The minimum absolute atomic E-state index is 0.00472. The number of aliphatic hydroxyl groups excluding tert-OH is 1. The zero-order valence-corrected chi connectivity index (χ0v) is 65.8. The van der Waals surface area contributed by atoms with Gasteiger partial charge in [-0.3, -0.25) is 46.0 Å². The van der Waals surface area contributed by atoms with E-state index in [0.29, 0.717) is 104 Å². The Hall–Kier alpha value is -6.45. The number of carbonyl (C=O) groups is 2. The molecule has 15 N–H and O–H groups in total. The number of phosphoric ester groups is 2. The summed E-state index contributed by atoms with van der Waals surface area (Å²) in [7, 11) is -41.7. The van der Waals surface area contributed by atoms with Crippen LogP contribution in [0, 0.1) is 0 Å². The normalized spacial score (nSPS) is 19.9. The summed E-state index contributed by atoms with van der Waals surface area (Å²) in [6.45, 7) is 6.14. The molecule has 38 nitrogen and oxygen atoms in total. The number of ether oxygens (including phenoxy) is 1. The van der Waals surface area contributed by atoms with Crippen LogP contribution in [0.25, 0.3) is 21.5 Å². The number of benzene rings is 4. The third-order valence-electron chi connectivity index (χ3n) is 18.1. The van der Waals surface area contributed by atoms with E-state index in [9.17, 15) is 113 Å². The van der Waals surface area contributed by atoms with E-state index in [-0.39, 0.29) is 79.1 Å². The van der Waals surface area contributed by atoms with Crippen LogP contribution in [0.15, 0.2) is 121 Å². The van der Waals surface area contributed by atoms with Gasteiger partial charge in [0.1, 0.15) is 40.5 Å². The van der Waals surface area contributed by atoms with E-state index < -0.39 is 165 Å². The van der Waals surface area contributed by atoms with Gasteiger partial charge >= 0.3 is 29.2 Å². The highest BCUT2D eigenvalue weighted by molar-refractivity contribution is 7.87. The molecule has 1 fully saturated rings. The third-order valence-corrected chi connectivity index (χ3v) is 26.7. The highest BCUT2D eigenvalue weighted by Gasteiger charge is 2.48. The van der Waals surface area contributed by atoms with Gasteiger partial charge < -0.3 is 51.5 Å². The molecule has 5 unspecified atom stereocenters. The monoisotopic (exact) mass is 1690 g/mol. The van der Waals surface area contributed by atoms with Crippen molar-refractivity contribution in [1.82, 2.24) is 20.2 Å². The standard InChI is InChI=1S/C63H85N8O30P3S5/c1-62(2)53(19-9-7-10-20-54-63(3,4)59-45-35-41(107(88,89)90)37-52(109(94,95)96)43(45)23-25-48(59)70(54)30-17-33-105(82,83)84)69(47-24-22-42-44(58(47)62)34-40(106(85,86)87)36-51(42)108(91,92)93)29-15-8-11-21-56(73)67-46(18-12-13-27-64)60(74)66-28-14-5-6-16-32-97-102(76,77)100-104(80,81)101-103(78,79)98-39-50-49(72)38-57(99-50)71-31-26-55(65)68-61(71)75/h7,9-10,19-20,22-26,31,34-37,46,49-50,57,72H,5-6,8,11-18,21,27-30,32-33,38-39,64H2,1-4H3,(H11-,65,66,67,68,73,74,75,76,77,78,79,80,81,82,83,84,85,86,87,88,89,90,91,92,93,94,95,96)/p+1/t46?,49?,50-,57-/m1/s1. The molecule has 3 aliphatic rings. The quantitative estimate of drug-likeness (QED) is 0.00691. The van der Waals surface area contributed by atoms with E-state index >= 15 is 0 Å². The second kappa shape index (κ2) is 34.9. The van der Waals surface area contributed by atoms with E-state index in [1.165, 1.54) is 30.5 Å². The first-order valence-electron chi connectivity index (χ1n) is 33.7. The number of hydrogen-bond acceptors (Lipinski definition) is 26. The molecule has 5 aromatic rings. The summed E-state index contributed by atoms with van der Waals surface area (Å²) in [4.78, 5) is 71.6. The smallest absolute Gasteiger partial charge is 0.390 e. The van der Waals surface area contributed by atoms with Crippen molar-refractivity contribution >= 4 is 130 Å². The number of rotatable bonds is 39. The molecule has 602 valence electrons. The van der Waals surface area contributed by atoms with Crippen LogP contribution in [-0.2, 0) is 107 Å². The molecule has 0 spiro atoms. The number of nitrogen functional groups attached to an aromatic ring is 1. The third kappa shape index (κ3) is 22.7. The Balaban J connectivity index is 0.893. The Morgan fingerprint density at radius 3 is 1.90 bits per heavy atom. The number of amides is 2. The van der Waals surface area contributed by atoms with Gasteiger partial charge in [-0.15, -0.1) is 0 Å². The number of aromatic nitrogens is 2. The Kier molecular flexibility index (Phi) is 28.2. The van der Waals surface area contributed by atoms with Gasteiger partial charge in [-0.05, 0) is 130 Å². The number of anilines is 2. The van der Waals surface area contributed by atoms with Gasteiger partial charge in [0.15, 0.2) is 5.71 Å². The summed E-state index contributed by atoms with van der Waals surface area (Å²) in [5, 5.41) is 15.8. The van der Waals surface area contributed by atoms with Gasteiger partial charge in [0, 0.05) is 83.8 Å². The van der Waals surface area contributed by atoms with Crippen molar-refractivity contribution < 1.29 is 135 Å². The number of nitrogens with one attached hydrogen (secondary N) is 2. The van der Waals surface area contributed by atoms with E-state index in [2.05, 4.69) is 28.8 Å². The number of hydrogen-bond donors (Lipinski definition) is 13. The van der Waals surface area contributed by atoms with Gasteiger partial charge in [-0.2, -0.15) is 60.3 Å². The molecular weight excluding hydrogens is 1600 g/mol. The zero-order chi connectivity index (χ0) is 80.8. The van der Waals surface area contributed by atoms with Gasteiger partial charge in [0.2, 0.25) is 17.5 Å². The molecule has 1 aromatic heterocycles. The lowest BCUT2D eigenvalue weighted by molar-refractivity contribution is -0.437. The topological polar surface area (TPSA) is 602 Å². The first kappa shape index (κ1) is 88.1. The van der Waals surface area contributed by atoms with Crippen LogP contribution in [0.2, 0.25) is 0 Å². The van der Waals surface area contributed by atoms with Crippen LogP contribution in [0.4, 0.5) is 17.2 Å². The summed E-state index contributed by atoms with van der Waals surface area (Å²) in [6, 6.07) is 9.47. The molecule has 8 rings (SSSR count). The van der Waals surface area contributed by atoms with E-state index in [4.69, 9.17) is 20.7 Å². The van der Waals surface area contributed by atoms with Gasteiger partial charge in [-0.25, -0.2) is 18.5 Å². The minimum Gasteiger partial charge on any atom is -0.390 e. The average Bonchev–Trinajstić information content (AvgIpc) is 1.59. The molecule has 0 saturated carbocycles. The van der Waals surface area contributed by atoms with Crippen molar-refractivity contribution in [2.24, 2.45) is 5.73 Å². The number of unbranched alkanes of at least 4 members (excludes halogenated alkanes) is 6. The number of nitrogens with two attached hydrogens (primary N) is 2. The number of carbonyl (C=O) groups excluding carboxylic acids is 2. The molecule has 3 aliphatic heterocycles. The highest BCUT2D eigenvalue weighted by atomic mass is 32.2. The fourth-order valence-electron chi connectivity index (χ4n) is 13.3. The SMILES string of the molecule is CC1(C)C(/C=C/C=C/C=C2/N(CCCCCC(=O)NC(CCCCN)C(=O)NCCCCCCOP(=O)(O)OP(=O)(O)OP(=O)(O)OC[C@H]3O[C@@H](n4ccc(N)nc4=O)CC3O)c3ccc4c(S(=O)(=O)O)cc(S(=O)(=O)O)cc4c3C2(C)C)=[N+](CCCS(=O)(=O)O)c2ccc3c(S(=O)(=O)O)cc(S(=O)(=O)O)cc3c21. The maximum atomic E-state index is 13.5. The van der Waals surface area contributed by atoms with Crippen molar-refractivity contribution in [2.75, 3.05) is 55.8 Å². The lowest BCUT2D eigenvalue weighted by Gasteiger charge is -2.27. The van der Waals surface area contributed by atoms with E-state index in [1.54, 1.807) is 68.7 Å². The highest BCUT2D eigenvalue weighted by Crippen LogP contribution is 2.68. The summed E-state index contributed by atoms with van der Waals surface area (Å²) >= 11 is 0. The number of nitrogens with zero attached hydrogens (tertiary/aromatic N) is 4. The average molecular weight is 1690 g/mol. The summed E-state index contributed by atoms with van der Waals surface area (Å²) in [5.41, 5.74) is 10.7. The number of aliphatic hydroxyl groups is 1. The van der Waals surface area contributed by atoms with Crippen LogP contribution in [0.1, 0.15) is 129 Å². The second-order valence-corrected chi connectivity index (χ2v) is 38.6. The Morgan fingerprint density at radius 2 is 1.30 bits per heavy atom. The maximum Gasteiger partial charge on any atom is 0.490 e. The number of allylic oxidation sites excluding steroid dienone is 6. The van der Waals surface area contributed by atoms with Crippen LogP contribution >= 0.6 is 23.5 Å². The molecule has 1 saturated heterocycles. The lowest BCUT2D eigenvalue weighted by Crippen LogP contribution is -2.47. The number of phosphoric acid groups is 3. The molecule has 0 radical (unpaired) electrons. The first-order chi connectivity index (χ1) is 50.5. The van der Waals surface area contributed by atoms with Crippen molar-refractivity contribution in [2.45, 2.75) is 166 Å². The fourth-order valence-corrected chi connectivity index (χ4v) is 20.0. The second-order valence-electron chi connectivity index (χ2n) is 26.8. The van der Waals surface area contributed by atoms with Gasteiger partial charge in [-0.1, -0.05) is 57.4 Å². The van der Waals surface area contributed by atoms with E-state index in [1.807, 2.05) is 4.90 Å². The molecule has 7 atom stereocenters. The predicted molar refractivity (Wildman–Crippen MR) is 394 cm³/mol. The minimum atomic E-state index is -5.86. The summed E-state index contributed by atoms with van der Waals surface area (Å²) in [5.74, 6) is -1.69. The zero-order valence-electron chi connectivity index (χ0n) is 59.0. The van der Waals surface area contributed by atoms with Crippen molar-refractivity contribution in [3.05, 3.63) is 118 Å². The predicted octanol–water partition coefficient (Wildman–Crippen LogP) is 6.13. The molecule has 0 bridgehead atoms. The summed E-state index contributed by atoms with van der Waals surface area (Å²) < 4.78 is 239. The molecule has 0 aliphatic carbocycles. The fraction of sp³-hybridized carbons (Fsp3) is 0.476. The molecule has 2 amide bonds. The van der Waals surface area contributed by atoms with Gasteiger partial charge in [0.25, 0.3) is 50.6 Å². The van der Waals surface area contributed by atoms with Crippen LogP contribution in [-0.4, -0.2) is 180 Å². The van der Waals surface area contributed by atoms with Crippen molar-refractivity contribution in [3.63, 3.8) is 0 Å². The molecule has 4 aromatic carbocycles. The Labute approximate surface area is 627 Å². The van der Waals surface area contributed by atoms with Crippen LogP contribution < -0.4 is 32.7 Å².